The van der Waals surface area contributed by atoms with E-state index in [1.54, 1.807) is 17.5 Å². The second-order valence-corrected chi connectivity index (χ2v) is 20.4. The number of benzene rings is 2. The monoisotopic (exact) mass is 524 g/mol. The molecule has 5 aliphatic carbocycles. The van der Waals surface area contributed by atoms with Gasteiger partial charge in [-0.3, -0.25) is 0 Å². The zero-order chi connectivity index (χ0) is 26.0. The highest BCUT2D eigenvalue weighted by Gasteiger charge is 2.61. The van der Waals surface area contributed by atoms with Crippen molar-refractivity contribution in [3.05, 3.63) is 71.8 Å². The predicted octanol–water partition coefficient (Wildman–Crippen LogP) is 10.6. The molecule has 0 aromatic heterocycles. The van der Waals surface area contributed by atoms with Crippen LogP contribution in [0.4, 0.5) is 0 Å². The Labute approximate surface area is 234 Å². The van der Waals surface area contributed by atoms with Crippen molar-refractivity contribution in [3.8, 4) is 0 Å². The summed E-state index contributed by atoms with van der Waals surface area (Å²) in [7, 11) is -1.48. The summed E-state index contributed by atoms with van der Waals surface area (Å²) in [4.78, 5) is 0. The lowest BCUT2D eigenvalue weighted by atomic mass is 9.62. The second kappa shape index (κ2) is 9.93. The zero-order valence-corrected chi connectivity index (χ0v) is 25.6. The summed E-state index contributed by atoms with van der Waals surface area (Å²) in [5.41, 5.74) is 5.40. The molecule has 0 nitrogen and oxygen atoms in total. The minimum atomic E-state index is -1.48. The molecular weight excluding hydrogens is 472 g/mol. The van der Waals surface area contributed by atoms with Crippen LogP contribution in [0.3, 0.4) is 0 Å². The van der Waals surface area contributed by atoms with E-state index in [4.69, 9.17) is 0 Å². The van der Waals surface area contributed by atoms with Crippen LogP contribution in [0.2, 0.25) is 24.2 Å². The summed E-state index contributed by atoms with van der Waals surface area (Å²) < 4.78 is 0. The fourth-order valence-electron chi connectivity index (χ4n) is 12.8. The van der Waals surface area contributed by atoms with E-state index in [0.717, 1.165) is 70.3 Å². The zero-order valence-electron chi connectivity index (χ0n) is 24.6. The molecule has 5 saturated carbocycles. The molecule has 0 aliphatic heterocycles. The quantitative estimate of drug-likeness (QED) is 0.349. The van der Waals surface area contributed by atoms with E-state index in [2.05, 4.69) is 87.6 Å². The Morgan fingerprint density at radius 1 is 0.553 bits per heavy atom. The highest BCUT2D eigenvalue weighted by atomic mass is 28.3. The lowest BCUT2D eigenvalue weighted by Gasteiger charge is -2.50. The Balaban J connectivity index is 1.20. The minimum Gasteiger partial charge on any atom is -0.0689 e. The highest BCUT2D eigenvalue weighted by Crippen LogP contribution is 2.69. The van der Waals surface area contributed by atoms with Crippen LogP contribution in [-0.2, 0) is 0 Å². The second-order valence-electron chi connectivity index (χ2n) is 15.4. The maximum Gasteiger partial charge on any atom is 0.0546 e. The van der Waals surface area contributed by atoms with Crippen molar-refractivity contribution in [2.24, 2.45) is 47.3 Å². The molecule has 12 atom stereocenters. The van der Waals surface area contributed by atoms with Gasteiger partial charge in [-0.1, -0.05) is 113 Å². The summed E-state index contributed by atoms with van der Waals surface area (Å²) in [5, 5.41) is 0. The number of hydrogen-bond donors (Lipinski definition) is 0. The van der Waals surface area contributed by atoms with Crippen molar-refractivity contribution in [3.63, 3.8) is 0 Å². The Morgan fingerprint density at radius 2 is 1.13 bits per heavy atom. The highest BCUT2D eigenvalue weighted by molar-refractivity contribution is 6.80. The summed E-state index contributed by atoms with van der Waals surface area (Å²) in [6.45, 7) is 11.2. The molecule has 38 heavy (non-hydrogen) atoms. The molecule has 5 aliphatic rings. The smallest absolute Gasteiger partial charge is 0.0546 e. The molecule has 1 heteroatoms. The van der Waals surface area contributed by atoms with Gasteiger partial charge in [0.2, 0.25) is 0 Å². The first-order valence-corrected chi connectivity index (χ1v) is 19.7. The van der Waals surface area contributed by atoms with Crippen LogP contribution in [0, 0.1) is 47.3 Å². The van der Waals surface area contributed by atoms with Crippen LogP contribution in [0.25, 0.3) is 0 Å². The van der Waals surface area contributed by atoms with E-state index >= 15 is 0 Å². The van der Waals surface area contributed by atoms with Crippen LogP contribution in [0.15, 0.2) is 60.7 Å². The van der Waals surface area contributed by atoms with E-state index in [1.165, 1.54) is 51.4 Å². The molecule has 2 aromatic rings. The van der Waals surface area contributed by atoms with E-state index < -0.39 is 8.07 Å². The average molecular weight is 525 g/mol. The predicted molar refractivity (Wildman–Crippen MR) is 164 cm³/mol. The van der Waals surface area contributed by atoms with Gasteiger partial charge in [0.1, 0.15) is 0 Å². The molecule has 0 amide bonds. The Hall–Kier alpha value is -1.34. The third kappa shape index (κ3) is 4.03. The minimum absolute atomic E-state index is 0.817. The van der Waals surface area contributed by atoms with Gasteiger partial charge in [0.05, 0.1) is 8.07 Å². The van der Waals surface area contributed by atoms with Gasteiger partial charge in [-0.05, 0) is 113 Å². The van der Waals surface area contributed by atoms with E-state index in [1.807, 2.05) is 0 Å². The van der Waals surface area contributed by atoms with Crippen molar-refractivity contribution in [1.82, 2.24) is 0 Å². The molecule has 0 saturated heterocycles. The number of rotatable bonds is 4. The normalized spacial score (nSPS) is 44.4. The van der Waals surface area contributed by atoms with Gasteiger partial charge in [0.25, 0.3) is 0 Å². The standard InChI is InChI=1S/C37H52Si/c1-24-21-32-29(26-13-7-5-8-14-26)18-12-20-31(32)36(24)38(3,4)37-25(2)22-33-34(37)23-28-17-11-19-30(28)35(33)27-15-9-6-10-16-27/h5-10,13-16,24-25,28-37H,11-12,17-23H2,1-4H3. The molecule has 0 bridgehead atoms. The van der Waals surface area contributed by atoms with Crippen LogP contribution in [0.1, 0.15) is 94.6 Å². The molecule has 204 valence electrons. The SMILES string of the molecule is CC1CC2C(c3ccccc3)CCCC2C1[Si](C)(C)C1C(C)CC2C1CC1CCCC1C2c1ccccc1. The fraction of sp³-hybridized carbons (Fsp3) is 0.676. The first-order chi connectivity index (χ1) is 18.4. The van der Waals surface area contributed by atoms with E-state index in [-0.39, 0.29) is 0 Å². The summed E-state index contributed by atoms with van der Waals surface area (Å²) >= 11 is 0. The van der Waals surface area contributed by atoms with Gasteiger partial charge in [-0.15, -0.1) is 0 Å². The van der Waals surface area contributed by atoms with Crippen molar-refractivity contribution < 1.29 is 0 Å². The van der Waals surface area contributed by atoms with Crippen molar-refractivity contribution >= 4 is 8.07 Å². The van der Waals surface area contributed by atoms with Gasteiger partial charge in [0.15, 0.2) is 0 Å². The topological polar surface area (TPSA) is 0 Å². The molecule has 5 fully saturated rings. The van der Waals surface area contributed by atoms with Gasteiger partial charge in [-0.2, -0.15) is 0 Å². The summed E-state index contributed by atoms with van der Waals surface area (Å²) in [5.74, 6) is 9.35. The first kappa shape index (κ1) is 25.6. The fourth-order valence-corrected chi connectivity index (χ4v) is 19.5. The number of fused-ring (bicyclic) bond motifs is 3. The largest absolute Gasteiger partial charge is 0.0689 e. The van der Waals surface area contributed by atoms with Crippen LogP contribution in [-0.4, -0.2) is 8.07 Å². The van der Waals surface area contributed by atoms with Crippen LogP contribution < -0.4 is 0 Å². The number of hydrogen-bond acceptors (Lipinski definition) is 0. The molecule has 0 spiro atoms. The average Bonchev–Trinajstić information content (AvgIpc) is 3.62. The molecular formula is C37H52Si. The molecule has 0 N–H and O–H groups in total. The van der Waals surface area contributed by atoms with Crippen molar-refractivity contribution in [2.75, 3.05) is 0 Å². The lowest BCUT2D eigenvalue weighted by Crippen LogP contribution is -2.48. The van der Waals surface area contributed by atoms with Gasteiger partial charge in [-0.25, -0.2) is 0 Å². The molecule has 0 radical (unpaired) electrons. The van der Waals surface area contributed by atoms with Crippen molar-refractivity contribution in [2.45, 2.75) is 108 Å². The Bertz CT molecular complexity index is 1090. The Morgan fingerprint density at radius 3 is 1.84 bits per heavy atom. The first-order valence-electron chi connectivity index (χ1n) is 16.5. The molecule has 12 unspecified atom stereocenters. The molecule has 2 aromatic carbocycles. The third-order valence-corrected chi connectivity index (χ3v) is 18.9. The molecule has 7 rings (SSSR count). The van der Waals surface area contributed by atoms with Gasteiger partial charge < -0.3 is 0 Å². The third-order valence-electron chi connectivity index (χ3n) is 13.5. The summed E-state index contributed by atoms with van der Waals surface area (Å²) in [6.07, 6.45) is 13.5. The maximum absolute atomic E-state index is 2.91. The Kier molecular flexibility index (Phi) is 6.70. The van der Waals surface area contributed by atoms with Crippen LogP contribution >= 0.6 is 0 Å². The summed E-state index contributed by atoms with van der Waals surface area (Å²) in [6, 6.07) is 23.6. The van der Waals surface area contributed by atoms with E-state index in [9.17, 15) is 0 Å². The lowest BCUT2D eigenvalue weighted by molar-refractivity contribution is 0.120. The molecule has 0 heterocycles. The van der Waals surface area contributed by atoms with Gasteiger partial charge in [0, 0.05) is 0 Å². The van der Waals surface area contributed by atoms with Crippen LogP contribution in [0.5, 0.6) is 0 Å². The maximum atomic E-state index is 2.91. The van der Waals surface area contributed by atoms with Crippen molar-refractivity contribution in [1.29, 1.82) is 0 Å². The van der Waals surface area contributed by atoms with E-state index in [0.29, 0.717) is 0 Å². The van der Waals surface area contributed by atoms with Gasteiger partial charge >= 0.3 is 0 Å².